The predicted molar refractivity (Wildman–Crippen MR) is 85.6 cm³/mol. The van der Waals surface area contributed by atoms with Crippen molar-refractivity contribution in [3.63, 3.8) is 0 Å². The highest BCUT2D eigenvalue weighted by Gasteiger charge is 2.25. The molecule has 1 unspecified atom stereocenters. The average molecular weight is 279 g/mol. The molecule has 0 amide bonds. The Kier molecular flexibility index (Phi) is 3.19. The molecule has 0 heterocycles. The van der Waals surface area contributed by atoms with Crippen molar-refractivity contribution in [1.29, 1.82) is 0 Å². The van der Waals surface area contributed by atoms with Crippen molar-refractivity contribution in [3.8, 4) is 16.9 Å². The Morgan fingerprint density at radius 3 is 2.71 bits per heavy atom. The first kappa shape index (κ1) is 12.9. The molecule has 0 saturated heterocycles. The fourth-order valence-electron chi connectivity index (χ4n) is 3.34. The van der Waals surface area contributed by atoms with Crippen LogP contribution in [0.1, 0.15) is 36.4 Å². The van der Waals surface area contributed by atoms with Crippen molar-refractivity contribution in [2.24, 2.45) is 0 Å². The second-order valence-corrected chi connectivity index (χ2v) is 6.10. The van der Waals surface area contributed by atoms with Crippen molar-refractivity contribution in [2.45, 2.75) is 37.8 Å². The predicted octanol–water partition coefficient (Wildman–Crippen LogP) is 4.10. The van der Waals surface area contributed by atoms with Crippen molar-refractivity contribution in [3.05, 3.63) is 53.6 Å². The lowest BCUT2D eigenvalue weighted by molar-refractivity contribution is 0.303. The van der Waals surface area contributed by atoms with Gasteiger partial charge in [0, 0.05) is 6.04 Å². The van der Waals surface area contributed by atoms with E-state index in [1.807, 2.05) is 0 Å². The lowest BCUT2D eigenvalue weighted by Gasteiger charge is -2.13. The van der Waals surface area contributed by atoms with Gasteiger partial charge < -0.3 is 10.1 Å². The third kappa shape index (κ3) is 2.44. The van der Waals surface area contributed by atoms with E-state index in [9.17, 15) is 0 Å². The summed E-state index contributed by atoms with van der Waals surface area (Å²) in [7, 11) is 2.05. The summed E-state index contributed by atoms with van der Waals surface area (Å²) in [6.45, 7) is 0. The van der Waals surface area contributed by atoms with E-state index in [1.165, 1.54) is 41.5 Å². The quantitative estimate of drug-likeness (QED) is 0.909. The van der Waals surface area contributed by atoms with Crippen LogP contribution < -0.4 is 10.1 Å². The van der Waals surface area contributed by atoms with Crippen molar-refractivity contribution < 1.29 is 4.74 Å². The van der Waals surface area contributed by atoms with E-state index in [1.54, 1.807) is 0 Å². The van der Waals surface area contributed by atoms with Crippen LogP contribution in [0.25, 0.3) is 11.1 Å². The molecular formula is C19H21NO. The monoisotopic (exact) mass is 279 g/mol. The van der Waals surface area contributed by atoms with Crippen LogP contribution in [0.2, 0.25) is 0 Å². The highest BCUT2D eigenvalue weighted by molar-refractivity contribution is 5.71. The molecule has 0 aromatic heterocycles. The number of ether oxygens (including phenoxy) is 1. The summed E-state index contributed by atoms with van der Waals surface area (Å²) >= 11 is 0. The molecule has 1 saturated carbocycles. The molecule has 21 heavy (non-hydrogen) atoms. The maximum atomic E-state index is 5.94. The van der Waals surface area contributed by atoms with Gasteiger partial charge in [-0.3, -0.25) is 0 Å². The molecule has 0 bridgehead atoms. The molecule has 2 aromatic rings. The Morgan fingerprint density at radius 1 is 1.05 bits per heavy atom. The summed E-state index contributed by atoms with van der Waals surface area (Å²) in [5.74, 6) is 1.01. The third-order valence-corrected chi connectivity index (χ3v) is 4.59. The van der Waals surface area contributed by atoms with Gasteiger partial charge in [0.25, 0.3) is 0 Å². The normalized spacial score (nSPS) is 20.3. The topological polar surface area (TPSA) is 21.3 Å². The molecular weight excluding hydrogens is 258 g/mol. The van der Waals surface area contributed by atoms with Gasteiger partial charge in [0.1, 0.15) is 5.75 Å². The van der Waals surface area contributed by atoms with Crippen LogP contribution in [0.4, 0.5) is 0 Å². The summed E-state index contributed by atoms with van der Waals surface area (Å²) in [5, 5.41) is 3.42. The Morgan fingerprint density at radius 2 is 1.90 bits per heavy atom. The number of benzene rings is 2. The largest absolute Gasteiger partial charge is 0.490 e. The van der Waals surface area contributed by atoms with Gasteiger partial charge in [0.05, 0.1) is 6.10 Å². The van der Waals surface area contributed by atoms with Gasteiger partial charge in [-0.25, -0.2) is 0 Å². The standard InChI is InChI=1S/C19H21NO/c1-20-19-11-10-17-16(6-3-7-18(17)19)13-4-2-5-15(12-13)21-14-8-9-14/h2-7,12,14,19-20H,8-11H2,1H3. The van der Waals surface area contributed by atoms with Crippen LogP contribution >= 0.6 is 0 Å². The first-order valence-corrected chi connectivity index (χ1v) is 7.91. The van der Waals surface area contributed by atoms with Gasteiger partial charge in [0.2, 0.25) is 0 Å². The number of rotatable bonds is 4. The first-order chi connectivity index (χ1) is 10.3. The molecule has 108 valence electrons. The van der Waals surface area contributed by atoms with Crippen molar-refractivity contribution >= 4 is 0 Å². The second kappa shape index (κ2) is 5.19. The lowest BCUT2D eigenvalue weighted by Crippen LogP contribution is -2.12. The lowest BCUT2D eigenvalue weighted by atomic mass is 9.96. The maximum Gasteiger partial charge on any atom is 0.120 e. The van der Waals surface area contributed by atoms with E-state index in [2.05, 4.69) is 54.8 Å². The van der Waals surface area contributed by atoms with Crippen molar-refractivity contribution in [2.75, 3.05) is 7.05 Å². The van der Waals surface area contributed by atoms with Gasteiger partial charge in [0.15, 0.2) is 0 Å². The smallest absolute Gasteiger partial charge is 0.120 e. The molecule has 2 nitrogen and oxygen atoms in total. The van der Waals surface area contributed by atoms with Gasteiger partial charge in [-0.05, 0) is 67.1 Å². The molecule has 2 aromatic carbocycles. The summed E-state index contributed by atoms with van der Waals surface area (Å²) < 4.78 is 5.94. The van der Waals surface area contributed by atoms with Gasteiger partial charge in [-0.1, -0.05) is 30.3 Å². The minimum atomic E-state index is 0.454. The minimum absolute atomic E-state index is 0.454. The van der Waals surface area contributed by atoms with E-state index in [-0.39, 0.29) is 0 Å². The van der Waals surface area contributed by atoms with Crippen molar-refractivity contribution in [1.82, 2.24) is 5.32 Å². The molecule has 1 atom stereocenters. The number of fused-ring (bicyclic) bond motifs is 1. The maximum absolute atomic E-state index is 5.94. The summed E-state index contributed by atoms with van der Waals surface area (Å²) in [6, 6.07) is 15.8. The molecule has 0 radical (unpaired) electrons. The van der Waals surface area contributed by atoms with Crippen LogP contribution in [0.3, 0.4) is 0 Å². The van der Waals surface area contributed by atoms with Crippen LogP contribution in [-0.2, 0) is 6.42 Å². The third-order valence-electron chi connectivity index (χ3n) is 4.59. The molecule has 1 N–H and O–H groups in total. The fourth-order valence-corrected chi connectivity index (χ4v) is 3.34. The summed E-state index contributed by atoms with van der Waals surface area (Å²) in [5.41, 5.74) is 5.61. The second-order valence-electron chi connectivity index (χ2n) is 6.10. The van der Waals surface area contributed by atoms with E-state index >= 15 is 0 Å². The Bertz CT molecular complexity index is 660. The molecule has 1 fully saturated rings. The van der Waals surface area contributed by atoms with Gasteiger partial charge >= 0.3 is 0 Å². The minimum Gasteiger partial charge on any atom is -0.490 e. The highest BCUT2D eigenvalue weighted by Crippen LogP contribution is 2.38. The highest BCUT2D eigenvalue weighted by atomic mass is 16.5. The molecule has 0 aliphatic heterocycles. The van der Waals surface area contributed by atoms with Crippen LogP contribution in [0.15, 0.2) is 42.5 Å². The van der Waals surface area contributed by atoms with E-state index < -0.39 is 0 Å². The van der Waals surface area contributed by atoms with Crippen LogP contribution in [0, 0.1) is 0 Å². The molecule has 2 aliphatic carbocycles. The van der Waals surface area contributed by atoms with Gasteiger partial charge in [-0.2, -0.15) is 0 Å². The number of nitrogens with one attached hydrogen (secondary N) is 1. The van der Waals surface area contributed by atoms with Crippen LogP contribution in [-0.4, -0.2) is 13.2 Å². The fraction of sp³-hybridized carbons (Fsp3) is 0.368. The molecule has 2 aliphatic rings. The Hall–Kier alpha value is -1.80. The molecule has 2 heteroatoms. The van der Waals surface area contributed by atoms with E-state index in [4.69, 9.17) is 4.74 Å². The zero-order chi connectivity index (χ0) is 14.2. The zero-order valence-electron chi connectivity index (χ0n) is 12.4. The summed E-state index contributed by atoms with van der Waals surface area (Å²) in [4.78, 5) is 0. The zero-order valence-corrected chi connectivity index (χ0v) is 12.4. The Labute approximate surface area is 126 Å². The molecule has 4 rings (SSSR count). The van der Waals surface area contributed by atoms with E-state index in [0.717, 1.165) is 12.2 Å². The SMILES string of the molecule is CNC1CCc2c(-c3cccc(OC4CC4)c3)cccc21. The van der Waals surface area contributed by atoms with Gasteiger partial charge in [-0.15, -0.1) is 0 Å². The number of hydrogen-bond donors (Lipinski definition) is 1. The van der Waals surface area contributed by atoms with Crippen LogP contribution in [0.5, 0.6) is 5.75 Å². The summed E-state index contributed by atoms with van der Waals surface area (Å²) in [6.07, 6.45) is 5.21. The first-order valence-electron chi connectivity index (χ1n) is 7.91. The Balaban J connectivity index is 1.72. The average Bonchev–Trinajstić information content (AvgIpc) is 3.23. The van der Waals surface area contributed by atoms with E-state index in [0.29, 0.717) is 12.1 Å². The molecule has 0 spiro atoms. The number of hydrogen-bond acceptors (Lipinski definition) is 2.